The molecule has 3 rings (SSSR count). The van der Waals surface area contributed by atoms with Crippen molar-refractivity contribution in [2.75, 3.05) is 5.32 Å². The average Bonchev–Trinajstić information content (AvgIpc) is 2.69. The summed E-state index contributed by atoms with van der Waals surface area (Å²) in [5.74, 6) is -1.08. The lowest BCUT2D eigenvalue weighted by Crippen LogP contribution is -2.32. The third-order valence-electron chi connectivity index (χ3n) is 4.44. The second-order valence-electron chi connectivity index (χ2n) is 6.67. The van der Waals surface area contributed by atoms with Gasteiger partial charge in [-0.05, 0) is 38.1 Å². The van der Waals surface area contributed by atoms with Gasteiger partial charge in [0.05, 0.1) is 17.3 Å². The maximum Gasteiger partial charge on any atom is 0.328 e. The second kappa shape index (κ2) is 8.55. The zero-order chi connectivity index (χ0) is 21.0. The number of aromatic amines is 1. The van der Waals surface area contributed by atoms with Crippen LogP contribution >= 0.6 is 0 Å². The van der Waals surface area contributed by atoms with Crippen LogP contribution in [0.5, 0.6) is 0 Å². The number of hydrogen-bond acceptors (Lipinski definition) is 5. The molecule has 2 aromatic carbocycles. The number of aryl methyl sites for hydroxylation is 2. The number of hydrogen-bond donors (Lipinski definition) is 2. The number of esters is 1. The van der Waals surface area contributed by atoms with Crippen LogP contribution in [0.4, 0.5) is 5.69 Å². The molecular formula is C21H21N3O5. The second-order valence-corrected chi connectivity index (χ2v) is 6.67. The molecule has 8 heteroatoms. The minimum Gasteiger partial charge on any atom is -0.452 e. The number of benzene rings is 2. The number of para-hydroxylation sites is 1. The molecule has 0 bridgehead atoms. The summed E-state index contributed by atoms with van der Waals surface area (Å²) >= 11 is 0. The molecule has 0 saturated heterocycles. The van der Waals surface area contributed by atoms with Crippen molar-refractivity contribution >= 4 is 28.5 Å². The standard InChI is InChI=1S/C21H21N3O5/c1-13-7-9-15(10-8-13)22-19(26)14(2)29-18(25)11-12-24-17-6-4-3-5-16(17)20(27)23-21(24)28/h3-10,14H,11-12H2,1-2H3,(H,22,26)(H,23,27,28)/t14-/m1/s1. The van der Waals surface area contributed by atoms with Crippen LogP contribution in [0, 0.1) is 6.92 Å². The molecule has 1 atom stereocenters. The number of ether oxygens (including phenoxy) is 1. The number of amides is 1. The number of carbonyl (C=O) groups is 2. The molecule has 29 heavy (non-hydrogen) atoms. The molecule has 0 aliphatic rings. The highest BCUT2D eigenvalue weighted by Crippen LogP contribution is 2.11. The SMILES string of the molecule is Cc1ccc(NC(=O)[C@@H](C)OC(=O)CCn2c(=O)[nH]c(=O)c3ccccc32)cc1. The van der Waals surface area contributed by atoms with Crippen molar-refractivity contribution in [3.63, 3.8) is 0 Å². The van der Waals surface area contributed by atoms with Crippen molar-refractivity contribution in [3.05, 3.63) is 74.9 Å². The lowest BCUT2D eigenvalue weighted by atomic mass is 10.2. The van der Waals surface area contributed by atoms with Gasteiger partial charge in [0.25, 0.3) is 11.5 Å². The van der Waals surface area contributed by atoms with Gasteiger partial charge in [0.15, 0.2) is 6.10 Å². The third kappa shape index (κ3) is 4.78. The number of anilines is 1. The van der Waals surface area contributed by atoms with Crippen LogP contribution in [0.2, 0.25) is 0 Å². The number of H-pyrrole nitrogens is 1. The van der Waals surface area contributed by atoms with Gasteiger partial charge in [0, 0.05) is 12.2 Å². The van der Waals surface area contributed by atoms with E-state index >= 15 is 0 Å². The maximum absolute atomic E-state index is 12.2. The van der Waals surface area contributed by atoms with Crippen LogP contribution in [0.15, 0.2) is 58.1 Å². The van der Waals surface area contributed by atoms with E-state index in [4.69, 9.17) is 4.74 Å². The lowest BCUT2D eigenvalue weighted by Gasteiger charge is -2.14. The largest absolute Gasteiger partial charge is 0.452 e. The Labute approximate surface area is 166 Å². The Balaban J connectivity index is 1.62. The summed E-state index contributed by atoms with van der Waals surface area (Å²) in [6.07, 6.45) is -1.12. The fraction of sp³-hybridized carbons (Fsp3) is 0.238. The van der Waals surface area contributed by atoms with Gasteiger partial charge in [-0.15, -0.1) is 0 Å². The van der Waals surface area contributed by atoms with Crippen molar-refractivity contribution in [3.8, 4) is 0 Å². The van der Waals surface area contributed by atoms with Gasteiger partial charge in [0.1, 0.15) is 0 Å². The third-order valence-corrected chi connectivity index (χ3v) is 4.44. The highest BCUT2D eigenvalue weighted by Gasteiger charge is 2.18. The smallest absolute Gasteiger partial charge is 0.328 e. The van der Waals surface area contributed by atoms with Gasteiger partial charge in [0.2, 0.25) is 0 Å². The summed E-state index contributed by atoms with van der Waals surface area (Å²) in [6.45, 7) is 3.43. The van der Waals surface area contributed by atoms with E-state index in [1.54, 1.807) is 36.4 Å². The molecular weight excluding hydrogens is 374 g/mol. The number of rotatable bonds is 6. The average molecular weight is 395 g/mol. The molecule has 3 aromatic rings. The van der Waals surface area contributed by atoms with Crippen LogP contribution in [0.3, 0.4) is 0 Å². The molecule has 0 radical (unpaired) electrons. The minimum absolute atomic E-state index is 0.0151. The van der Waals surface area contributed by atoms with Crippen molar-refractivity contribution < 1.29 is 14.3 Å². The summed E-state index contributed by atoms with van der Waals surface area (Å²) in [6, 6.07) is 13.9. The normalized spacial score (nSPS) is 11.8. The summed E-state index contributed by atoms with van der Waals surface area (Å²) in [5, 5.41) is 3.03. The number of nitrogens with zero attached hydrogens (tertiary/aromatic N) is 1. The molecule has 0 saturated carbocycles. The monoisotopic (exact) mass is 395 g/mol. The van der Waals surface area contributed by atoms with E-state index in [9.17, 15) is 19.2 Å². The molecule has 0 spiro atoms. The van der Waals surface area contributed by atoms with Crippen LogP contribution < -0.4 is 16.6 Å². The van der Waals surface area contributed by atoms with Gasteiger partial charge in [-0.2, -0.15) is 0 Å². The first-order chi connectivity index (χ1) is 13.8. The Kier molecular flexibility index (Phi) is 5.92. The Morgan fingerprint density at radius 3 is 2.52 bits per heavy atom. The molecule has 1 amide bonds. The predicted molar refractivity (Wildman–Crippen MR) is 109 cm³/mol. The maximum atomic E-state index is 12.2. The molecule has 0 fully saturated rings. The first-order valence-corrected chi connectivity index (χ1v) is 9.14. The molecule has 1 aromatic heterocycles. The van der Waals surface area contributed by atoms with Gasteiger partial charge < -0.3 is 10.1 Å². The zero-order valence-corrected chi connectivity index (χ0v) is 16.1. The van der Waals surface area contributed by atoms with Gasteiger partial charge in [-0.25, -0.2) is 4.79 Å². The topological polar surface area (TPSA) is 110 Å². The Bertz CT molecular complexity index is 1160. The predicted octanol–water partition coefficient (Wildman–Crippen LogP) is 1.96. The fourth-order valence-electron chi connectivity index (χ4n) is 2.86. The van der Waals surface area contributed by atoms with Gasteiger partial charge >= 0.3 is 11.7 Å². The first kappa shape index (κ1) is 20.1. The molecule has 8 nitrogen and oxygen atoms in total. The molecule has 1 heterocycles. The quantitative estimate of drug-likeness (QED) is 0.620. The van der Waals surface area contributed by atoms with Crippen molar-refractivity contribution in [2.24, 2.45) is 0 Å². The van der Waals surface area contributed by atoms with E-state index in [0.29, 0.717) is 16.6 Å². The molecule has 0 unspecified atom stereocenters. The molecule has 150 valence electrons. The summed E-state index contributed by atoms with van der Waals surface area (Å²) < 4.78 is 6.47. The molecule has 0 aliphatic heterocycles. The van der Waals surface area contributed by atoms with Crippen molar-refractivity contribution in [1.29, 1.82) is 0 Å². The number of nitrogens with one attached hydrogen (secondary N) is 2. The summed E-state index contributed by atoms with van der Waals surface area (Å²) in [4.78, 5) is 50.6. The summed E-state index contributed by atoms with van der Waals surface area (Å²) in [5.41, 5.74) is 1.01. The van der Waals surface area contributed by atoms with Crippen LogP contribution in [0.1, 0.15) is 18.9 Å². The van der Waals surface area contributed by atoms with E-state index < -0.39 is 29.2 Å². The van der Waals surface area contributed by atoms with Crippen molar-refractivity contribution in [1.82, 2.24) is 9.55 Å². The summed E-state index contributed by atoms with van der Waals surface area (Å²) in [7, 11) is 0. The highest BCUT2D eigenvalue weighted by molar-refractivity contribution is 5.95. The number of aromatic nitrogens is 2. The molecule has 2 N–H and O–H groups in total. The fourth-order valence-corrected chi connectivity index (χ4v) is 2.86. The van der Waals surface area contributed by atoms with Crippen LogP contribution in [-0.2, 0) is 20.9 Å². The molecule has 0 aliphatic carbocycles. The van der Waals surface area contributed by atoms with E-state index in [0.717, 1.165) is 5.56 Å². The van der Waals surface area contributed by atoms with E-state index in [2.05, 4.69) is 10.3 Å². The van der Waals surface area contributed by atoms with E-state index in [1.807, 2.05) is 19.1 Å². The Morgan fingerprint density at radius 1 is 1.10 bits per heavy atom. The Hall–Kier alpha value is -3.68. The van der Waals surface area contributed by atoms with Crippen LogP contribution in [-0.4, -0.2) is 27.5 Å². The van der Waals surface area contributed by atoms with Crippen molar-refractivity contribution in [2.45, 2.75) is 32.9 Å². The van der Waals surface area contributed by atoms with E-state index in [-0.39, 0.29) is 13.0 Å². The number of fused-ring (bicyclic) bond motifs is 1. The zero-order valence-electron chi connectivity index (χ0n) is 16.1. The highest BCUT2D eigenvalue weighted by atomic mass is 16.5. The van der Waals surface area contributed by atoms with Gasteiger partial charge in [-0.1, -0.05) is 29.8 Å². The minimum atomic E-state index is -0.993. The van der Waals surface area contributed by atoms with E-state index in [1.165, 1.54) is 11.5 Å². The number of carbonyl (C=O) groups excluding carboxylic acids is 2. The van der Waals surface area contributed by atoms with Gasteiger partial charge in [-0.3, -0.25) is 23.9 Å². The van der Waals surface area contributed by atoms with Crippen LogP contribution in [0.25, 0.3) is 10.9 Å². The lowest BCUT2D eigenvalue weighted by molar-refractivity contribution is -0.153. The Morgan fingerprint density at radius 2 is 1.79 bits per heavy atom. The first-order valence-electron chi connectivity index (χ1n) is 9.14.